The predicted molar refractivity (Wildman–Crippen MR) is 63.8 cm³/mol. The summed E-state index contributed by atoms with van der Waals surface area (Å²) in [6, 6.07) is -1.48. The maximum absolute atomic E-state index is 11.5. The highest BCUT2D eigenvalue weighted by Crippen LogP contribution is 2.01. The maximum Gasteiger partial charge on any atom is 0.326 e. The Morgan fingerprint density at radius 3 is 2.24 bits per heavy atom. The molecule has 2 atom stereocenters. The molecule has 0 aliphatic heterocycles. The Hall–Kier alpha value is -1.30. The van der Waals surface area contributed by atoms with Gasteiger partial charge in [-0.1, -0.05) is 20.3 Å². The van der Waals surface area contributed by atoms with Crippen LogP contribution in [0.5, 0.6) is 0 Å². The van der Waals surface area contributed by atoms with E-state index in [1.54, 1.807) is 0 Å². The molecule has 0 spiro atoms. The average Bonchev–Trinajstić information content (AvgIpc) is 2.27. The molecule has 100 valence electrons. The number of hydrogen-bond donors (Lipinski definition) is 4. The van der Waals surface area contributed by atoms with Crippen molar-refractivity contribution in [3.63, 3.8) is 0 Å². The molecule has 0 saturated carbocycles. The van der Waals surface area contributed by atoms with Gasteiger partial charge in [-0.15, -0.1) is 0 Å². The smallest absolute Gasteiger partial charge is 0.326 e. The number of carboxylic acid groups (broad SMARTS) is 1. The second kappa shape index (κ2) is 8.81. The second-order valence-electron chi connectivity index (χ2n) is 3.91. The molecule has 0 saturated heterocycles. The third kappa shape index (κ3) is 6.78. The van der Waals surface area contributed by atoms with E-state index in [-0.39, 0.29) is 19.1 Å². The summed E-state index contributed by atoms with van der Waals surface area (Å²) in [4.78, 5) is 22.3. The van der Waals surface area contributed by atoms with Gasteiger partial charge in [0.15, 0.2) is 0 Å². The monoisotopic (exact) mass is 246 g/mol. The largest absolute Gasteiger partial charge is 0.480 e. The first-order chi connectivity index (χ1) is 8.04. The summed E-state index contributed by atoms with van der Waals surface area (Å²) in [5.41, 5.74) is 0. The number of amides is 2. The van der Waals surface area contributed by atoms with E-state index in [0.717, 1.165) is 19.3 Å². The Balaban J connectivity index is 4.16. The van der Waals surface area contributed by atoms with Gasteiger partial charge in [0.2, 0.25) is 0 Å². The topological polar surface area (TPSA) is 98.7 Å². The molecule has 0 aromatic rings. The van der Waals surface area contributed by atoms with Crippen molar-refractivity contribution in [1.82, 2.24) is 10.6 Å². The molecule has 0 aromatic heterocycles. The van der Waals surface area contributed by atoms with Gasteiger partial charge in [-0.05, 0) is 12.8 Å². The van der Waals surface area contributed by atoms with Crippen LogP contribution in [0, 0.1) is 0 Å². The summed E-state index contributed by atoms with van der Waals surface area (Å²) in [5, 5.41) is 22.5. The van der Waals surface area contributed by atoms with E-state index in [2.05, 4.69) is 10.6 Å². The molecule has 0 aliphatic carbocycles. The number of rotatable bonds is 8. The molecule has 0 aliphatic rings. The van der Waals surface area contributed by atoms with Gasteiger partial charge in [0, 0.05) is 19.1 Å². The van der Waals surface area contributed by atoms with Crippen LogP contribution in [0.2, 0.25) is 0 Å². The van der Waals surface area contributed by atoms with Gasteiger partial charge in [-0.25, -0.2) is 9.59 Å². The molecule has 4 N–H and O–H groups in total. The Bertz CT molecular complexity index is 246. The van der Waals surface area contributed by atoms with E-state index >= 15 is 0 Å². The SMILES string of the molecule is CCCC(CC)NC(=O)N[C@H](CCO)C(=O)O. The van der Waals surface area contributed by atoms with Gasteiger partial charge < -0.3 is 20.8 Å². The minimum absolute atomic E-state index is 0.00726. The van der Waals surface area contributed by atoms with Crippen molar-refractivity contribution >= 4 is 12.0 Å². The number of carboxylic acids is 1. The zero-order valence-electron chi connectivity index (χ0n) is 10.4. The summed E-state index contributed by atoms with van der Waals surface area (Å²) in [6.07, 6.45) is 2.63. The highest BCUT2D eigenvalue weighted by Gasteiger charge is 2.20. The van der Waals surface area contributed by atoms with Crippen LogP contribution in [0.15, 0.2) is 0 Å². The lowest BCUT2D eigenvalue weighted by Crippen LogP contribution is -2.49. The van der Waals surface area contributed by atoms with Gasteiger partial charge in [0.25, 0.3) is 0 Å². The molecule has 0 fully saturated rings. The number of hydrogen-bond acceptors (Lipinski definition) is 3. The van der Waals surface area contributed by atoms with Crippen molar-refractivity contribution in [3.8, 4) is 0 Å². The summed E-state index contributed by atoms with van der Waals surface area (Å²) in [6.45, 7) is 3.71. The van der Waals surface area contributed by atoms with Crippen LogP contribution in [0.1, 0.15) is 39.5 Å². The third-order valence-electron chi connectivity index (χ3n) is 2.49. The Morgan fingerprint density at radius 1 is 1.18 bits per heavy atom. The number of aliphatic carboxylic acids is 1. The van der Waals surface area contributed by atoms with Crippen molar-refractivity contribution in [1.29, 1.82) is 0 Å². The fourth-order valence-electron chi connectivity index (χ4n) is 1.50. The molecule has 0 heterocycles. The molecular weight excluding hydrogens is 224 g/mol. The van der Waals surface area contributed by atoms with Gasteiger partial charge in [0.05, 0.1) is 0 Å². The van der Waals surface area contributed by atoms with Crippen LogP contribution in [0.3, 0.4) is 0 Å². The Morgan fingerprint density at radius 2 is 1.82 bits per heavy atom. The van der Waals surface area contributed by atoms with Crippen LogP contribution in [0.25, 0.3) is 0 Å². The third-order valence-corrected chi connectivity index (χ3v) is 2.49. The van der Waals surface area contributed by atoms with E-state index in [1.165, 1.54) is 0 Å². The van der Waals surface area contributed by atoms with Crippen LogP contribution in [0.4, 0.5) is 4.79 Å². The predicted octanol–water partition coefficient (Wildman–Crippen LogP) is 0.700. The quantitative estimate of drug-likeness (QED) is 0.506. The summed E-state index contributed by atoms with van der Waals surface area (Å²) in [7, 11) is 0. The first-order valence-corrected chi connectivity index (χ1v) is 5.95. The number of aliphatic hydroxyl groups is 1. The van der Waals surface area contributed by atoms with Crippen LogP contribution in [-0.4, -0.2) is 40.9 Å². The van der Waals surface area contributed by atoms with E-state index in [1.807, 2.05) is 13.8 Å². The number of carbonyl (C=O) groups is 2. The van der Waals surface area contributed by atoms with Gasteiger partial charge in [-0.3, -0.25) is 0 Å². The highest BCUT2D eigenvalue weighted by atomic mass is 16.4. The minimum Gasteiger partial charge on any atom is -0.480 e. The number of nitrogens with one attached hydrogen (secondary N) is 2. The van der Waals surface area contributed by atoms with Crippen LogP contribution in [-0.2, 0) is 4.79 Å². The first-order valence-electron chi connectivity index (χ1n) is 5.95. The maximum atomic E-state index is 11.5. The lowest BCUT2D eigenvalue weighted by molar-refractivity contribution is -0.139. The number of aliphatic hydroxyl groups excluding tert-OH is 1. The average molecular weight is 246 g/mol. The summed E-state index contributed by atoms with van der Waals surface area (Å²) >= 11 is 0. The standard InChI is InChI=1S/C11H22N2O4/c1-3-5-8(4-2)12-11(17)13-9(6-7-14)10(15)16/h8-9,14H,3-7H2,1-2H3,(H,15,16)(H2,12,13,17)/t8?,9-/m1/s1. The summed E-state index contributed by atoms with van der Waals surface area (Å²) < 4.78 is 0. The van der Waals surface area contributed by atoms with E-state index in [0.29, 0.717) is 0 Å². The van der Waals surface area contributed by atoms with Gasteiger partial charge in [-0.2, -0.15) is 0 Å². The molecule has 0 aromatic carbocycles. The van der Waals surface area contributed by atoms with Crippen molar-refractivity contribution < 1.29 is 19.8 Å². The molecule has 0 bridgehead atoms. The lowest BCUT2D eigenvalue weighted by atomic mass is 10.1. The van der Waals surface area contributed by atoms with Crippen molar-refractivity contribution in [2.24, 2.45) is 0 Å². The fourth-order valence-corrected chi connectivity index (χ4v) is 1.50. The molecule has 17 heavy (non-hydrogen) atoms. The number of carbonyl (C=O) groups excluding carboxylic acids is 1. The molecule has 6 nitrogen and oxygen atoms in total. The fraction of sp³-hybridized carbons (Fsp3) is 0.818. The van der Waals surface area contributed by atoms with Crippen LogP contribution >= 0.6 is 0 Å². The lowest BCUT2D eigenvalue weighted by Gasteiger charge is -2.19. The van der Waals surface area contributed by atoms with E-state index in [4.69, 9.17) is 10.2 Å². The highest BCUT2D eigenvalue weighted by molar-refractivity contribution is 5.82. The van der Waals surface area contributed by atoms with Gasteiger partial charge >= 0.3 is 12.0 Å². The second-order valence-corrected chi connectivity index (χ2v) is 3.91. The Kier molecular flexibility index (Phi) is 8.13. The first kappa shape index (κ1) is 15.7. The molecule has 0 rings (SSSR count). The van der Waals surface area contributed by atoms with E-state index < -0.39 is 18.0 Å². The molecule has 6 heteroatoms. The zero-order valence-corrected chi connectivity index (χ0v) is 10.4. The Labute approximate surface area is 101 Å². The molecule has 1 unspecified atom stereocenters. The number of urea groups is 1. The minimum atomic E-state index is -1.14. The molecule has 2 amide bonds. The van der Waals surface area contributed by atoms with Crippen molar-refractivity contribution in [2.45, 2.75) is 51.6 Å². The molecular formula is C11H22N2O4. The zero-order chi connectivity index (χ0) is 13.3. The normalized spacial score (nSPS) is 13.8. The van der Waals surface area contributed by atoms with Crippen LogP contribution < -0.4 is 10.6 Å². The molecule has 0 radical (unpaired) electrons. The van der Waals surface area contributed by atoms with Gasteiger partial charge in [0.1, 0.15) is 6.04 Å². The van der Waals surface area contributed by atoms with Crippen molar-refractivity contribution in [2.75, 3.05) is 6.61 Å². The van der Waals surface area contributed by atoms with Crippen molar-refractivity contribution in [3.05, 3.63) is 0 Å². The van der Waals surface area contributed by atoms with E-state index in [9.17, 15) is 9.59 Å². The summed E-state index contributed by atoms with van der Waals surface area (Å²) in [5.74, 6) is -1.14.